The molecule has 0 fully saturated rings. The Labute approximate surface area is 133 Å². The fourth-order valence-corrected chi connectivity index (χ4v) is 1.78. The molecular weight excluding hydrogens is 345 g/mol. The van der Waals surface area contributed by atoms with Crippen molar-refractivity contribution in [2.75, 3.05) is 6.61 Å². The summed E-state index contributed by atoms with van der Waals surface area (Å²) < 4.78 is 90.6. The van der Waals surface area contributed by atoms with E-state index in [1.165, 1.54) is 0 Å². The molecule has 0 aromatic heterocycles. The van der Waals surface area contributed by atoms with E-state index < -0.39 is 30.6 Å². The largest absolute Gasteiger partial charge is 0.460 e. The van der Waals surface area contributed by atoms with Gasteiger partial charge in [0.25, 0.3) is 0 Å². The lowest BCUT2D eigenvalue weighted by Crippen LogP contribution is -2.54. The van der Waals surface area contributed by atoms with E-state index in [0.717, 1.165) is 5.56 Å². The molecule has 9 heteroatoms. The van der Waals surface area contributed by atoms with Gasteiger partial charge in [0.05, 0.1) is 0 Å². The number of unbranched alkanes of at least 4 members (excludes halogenated alkanes) is 1. The van der Waals surface area contributed by atoms with E-state index in [-0.39, 0.29) is 12.8 Å². The van der Waals surface area contributed by atoms with Crippen LogP contribution in [-0.4, -0.2) is 30.6 Å². The predicted octanol–water partition coefficient (Wildman–Crippen LogP) is 4.78. The predicted molar refractivity (Wildman–Crippen MR) is 70.9 cm³/mol. The highest BCUT2D eigenvalue weighted by atomic mass is 19.4. The molecule has 0 bridgehead atoms. The minimum absolute atomic E-state index is 0.231. The SMILES string of the molecule is O=C(CCCCc1ccccc1)OCC(F)(F)C(F)(F)C(F)(F)F. The molecule has 0 atom stereocenters. The van der Waals surface area contributed by atoms with Crippen molar-refractivity contribution in [1.29, 1.82) is 0 Å². The first-order valence-corrected chi connectivity index (χ1v) is 6.99. The summed E-state index contributed by atoms with van der Waals surface area (Å²) in [5.74, 6) is -13.0. The Bertz CT molecular complexity index is 526. The number of alkyl halides is 7. The molecule has 0 unspecified atom stereocenters. The second kappa shape index (κ2) is 7.85. The van der Waals surface area contributed by atoms with Crippen LogP contribution in [0.4, 0.5) is 30.7 Å². The zero-order valence-corrected chi connectivity index (χ0v) is 12.4. The number of carbonyl (C=O) groups excluding carboxylic acids is 1. The summed E-state index contributed by atoms with van der Waals surface area (Å²) in [4.78, 5) is 11.2. The molecule has 0 aliphatic rings. The number of benzene rings is 1. The lowest BCUT2D eigenvalue weighted by atomic mass is 10.1. The zero-order chi connectivity index (χ0) is 18.4. The van der Waals surface area contributed by atoms with Crippen molar-refractivity contribution in [3.05, 3.63) is 35.9 Å². The maximum atomic E-state index is 12.9. The summed E-state index contributed by atoms with van der Waals surface area (Å²) >= 11 is 0. The van der Waals surface area contributed by atoms with E-state index in [9.17, 15) is 35.5 Å². The lowest BCUT2D eigenvalue weighted by Gasteiger charge is -2.27. The van der Waals surface area contributed by atoms with Crippen molar-refractivity contribution in [3.8, 4) is 0 Å². The second-order valence-corrected chi connectivity index (χ2v) is 5.13. The Morgan fingerprint density at radius 3 is 2.04 bits per heavy atom. The molecule has 1 rings (SSSR count). The Balaban J connectivity index is 2.35. The first-order chi connectivity index (χ1) is 11.0. The number of hydrogen-bond acceptors (Lipinski definition) is 2. The molecule has 0 aliphatic heterocycles. The molecule has 0 heterocycles. The molecule has 0 N–H and O–H groups in total. The molecule has 2 nitrogen and oxygen atoms in total. The Kier molecular flexibility index (Phi) is 6.62. The summed E-state index contributed by atoms with van der Waals surface area (Å²) in [6, 6.07) is 9.13. The minimum atomic E-state index is -6.43. The van der Waals surface area contributed by atoms with Gasteiger partial charge in [-0.3, -0.25) is 4.79 Å². The van der Waals surface area contributed by atoms with Crippen LogP contribution in [0.5, 0.6) is 0 Å². The van der Waals surface area contributed by atoms with Crippen LogP contribution in [-0.2, 0) is 16.0 Å². The number of rotatable bonds is 8. The number of ether oxygens (including phenoxy) is 1. The van der Waals surface area contributed by atoms with Gasteiger partial charge in [0, 0.05) is 6.42 Å². The van der Waals surface area contributed by atoms with E-state index in [1.54, 1.807) is 0 Å². The van der Waals surface area contributed by atoms with Crippen molar-refractivity contribution >= 4 is 5.97 Å². The van der Waals surface area contributed by atoms with Gasteiger partial charge in [0.15, 0.2) is 6.61 Å². The molecule has 136 valence electrons. The van der Waals surface area contributed by atoms with Crippen LogP contribution in [0.2, 0.25) is 0 Å². The molecule has 0 aliphatic carbocycles. The fourth-order valence-electron chi connectivity index (χ4n) is 1.78. The zero-order valence-electron chi connectivity index (χ0n) is 12.4. The van der Waals surface area contributed by atoms with Gasteiger partial charge < -0.3 is 4.74 Å². The van der Waals surface area contributed by atoms with Crippen LogP contribution in [0.15, 0.2) is 30.3 Å². The third kappa shape index (κ3) is 5.38. The summed E-state index contributed by atoms with van der Waals surface area (Å²) in [6.07, 6.45) is -5.43. The quantitative estimate of drug-likeness (QED) is 0.379. The van der Waals surface area contributed by atoms with Crippen LogP contribution in [0.1, 0.15) is 24.8 Å². The number of esters is 1. The molecule has 24 heavy (non-hydrogen) atoms. The lowest BCUT2D eigenvalue weighted by molar-refractivity contribution is -0.359. The van der Waals surface area contributed by atoms with Gasteiger partial charge in [-0.25, -0.2) is 0 Å². The molecule has 0 saturated carbocycles. The molecule has 0 spiro atoms. The number of aryl methyl sites for hydroxylation is 1. The summed E-state index contributed by atoms with van der Waals surface area (Å²) in [7, 11) is 0. The van der Waals surface area contributed by atoms with Crippen LogP contribution in [0.3, 0.4) is 0 Å². The molecule has 0 amide bonds. The topological polar surface area (TPSA) is 26.3 Å². The first kappa shape index (κ1) is 20.2. The molecule has 0 saturated heterocycles. The summed E-state index contributed by atoms with van der Waals surface area (Å²) in [6.45, 7) is -2.32. The first-order valence-electron chi connectivity index (χ1n) is 6.99. The van der Waals surface area contributed by atoms with Gasteiger partial charge >= 0.3 is 24.0 Å². The maximum absolute atomic E-state index is 12.9. The molecule has 0 radical (unpaired) electrons. The van der Waals surface area contributed by atoms with E-state index in [0.29, 0.717) is 12.8 Å². The van der Waals surface area contributed by atoms with Crippen molar-refractivity contribution in [1.82, 2.24) is 0 Å². The molecular formula is C15H15F7O2. The normalized spacial score (nSPS) is 13.0. The molecule has 1 aromatic carbocycles. The minimum Gasteiger partial charge on any atom is -0.459 e. The molecule has 1 aromatic rings. The van der Waals surface area contributed by atoms with Gasteiger partial charge in [0.1, 0.15) is 0 Å². The van der Waals surface area contributed by atoms with Gasteiger partial charge in [0.2, 0.25) is 0 Å². The van der Waals surface area contributed by atoms with Gasteiger partial charge in [-0.05, 0) is 24.8 Å². The Hall–Kier alpha value is -1.80. The van der Waals surface area contributed by atoms with E-state index in [4.69, 9.17) is 0 Å². The summed E-state index contributed by atoms with van der Waals surface area (Å²) in [5, 5.41) is 0. The highest BCUT2D eigenvalue weighted by Gasteiger charge is 2.73. The van der Waals surface area contributed by atoms with Crippen molar-refractivity contribution < 1.29 is 40.3 Å². The van der Waals surface area contributed by atoms with Gasteiger partial charge in [-0.2, -0.15) is 30.7 Å². The fraction of sp³-hybridized carbons (Fsp3) is 0.533. The summed E-state index contributed by atoms with van der Waals surface area (Å²) in [5.41, 5.74) is 0.988. The van der Waals surface area contributed by atoms with Crippen LogP contribution in [0, 0.1) is 0 Å². The van der Waals surface area contributed by atoms with Crippen LogP contribution >= 0.6 is 0 Å². The van der Waals surface area contributed by atoms with Crippen LogP contribution in [0.25, 0.3) is 0 Å². The van der Waals surface area contributed by atoms with E-state index in [1.807, 2.05) is 30.3 Å². The monoisotopic (exact) mass is 360 g/mol. The van der Waals surface area contributed by atoms with Crippen molar-refractivity contribution in [2.24, 2.45) is 0 Å². The van der Waals surface area contributed by atoms with Crippen molar-refractivity contribution in [2.45, 2.75) is 43.7 Å². The number of hydrogen-bond donors (Lipinski definition) is 0. The van der Waals surface area contributed by atoms with Gasteiger partial charge in [-0.1, -0.05) is 30.3 Å². The van der Waals surface area contributed by atoms with E-state index >= 15 is 0 Å². The average molecular weight is 360 g/mol. The average Bonchev–Trinajstić information content (AvgIpc) is 2.49. The highest BCUT2D eigenvalue weighted by molar-refractivity contribution is 5.69. The second-order valence-electron chi connectivity index (χ2n) is 5.13. The van der Waals surface area contributed by atoms with Gasteiger partial charge in [-0.15, -0.1) is 0 Å². The number of carbonyl (C=O) groups is 1. The highest BCUT2D eigenvalue weighted by Crippen LogP contribution is 2.46. The Morgan fingerprint density at radius 1 is 0.917 bits per heavy atom. The Morgan fingerprint density at radius 2 is 1.50 bits per heavy atom. The smallest absolute Gasteiger partial charge is 0.459 e. The third-order valence-electron chi connectivity index (χ3n) is 3.17. The standard InChI is InChI=1S/C15H15F7O2/c16-13(17,14(18,19)15(20,21)22)10-24-12(23)9-5-4-8-11-6-2-1-3-7-11/h1-3,6-7H,4-5,8-10H2. The van der Waals surface area contributed by atoms with Crippen molar-refractivity contribution in [3.63, 3.8) is 0 Å². The third-order valence-corrected chi connectivity index (χ3v) is 3.17. The number of halogens is 7. The van der Waals surface area contributed by atoms with E-state index in [2.05, 4.69) is 4.74 Å². The maximum Gasteiger partial charge on any atom is 0.460 e. The van der Waals surface area contributed by atoms with Crippen LogP contribution < -0.4 is 0 Å².